The smallest absolute Gasteiger partial charge is 0.356 e. The molecule has 0 spiro atoms. The van der Waals surface area contributed by atoms with E-state index in [2.05, 4.69) is 62.4 Å². The Morgan fingerprint density at radius 3 is 2.46 bits per heavy atom. The topological polar surface area (TPSA) is 48.4 Å². The number of methoxy groups -OCH3 is 1. The number of pyridine rings is 1. The van der Waals surface area contributed by atoms with Crippen molar-refractivity contribution in [3.63, 3.8) is 0 Å². The number of carbonyl (C=O) groups excluding carboxylic acids is 1. The fourth-order valence-corrected chi connectivity index (χ4v) is 6.40. The fourth-order valence-electron chi connectivity index (χ4n) is 6.40. The van der Waals surface area contributed by atoms with Gasteiger partial charge in [-0.15, -0.1) is 0 Å². The predicted molar refractivity (Wildman–Crippen MR) is 137 cm³/mol. The molecule has 0 unspecified atom stereocenters. The van der Waals surface area contributed by atoms with Gasteiger partial charge in [0.25, 0.3) is 0 Å². The lowest BCUT2D eigenvalue weighted by atomic mass is 9.61. The van der Waals surface area contributed by atoms with Crippen LogP contribution in [0.25, 0.3) is 10.8 Å². The lowest BCUT2D eigenvalue weighted by Gasteiger charge is -2.42. The Morgan fingerprint density at radius 1 is 0.971 bits per heavy atom. The molecule has 4 nitrogen and oxygen atoms in total. The summed E-state index contributed by atoms with van der Waals surface area (Å²) < 4.78 is 11.1. The van der Waals surface area contributed by atoms with E-state index in [4.69, 9.17) is 14.5 Å². The molecule has 1 heterocycles. The third-order valence-electron chi connectivity index (χ3n) is 7.82. The molecule has 0 saturated heterocycles. The van der Waals surface area contributed by atoms with Gasteiger partial charge in [-0.2, -0.15) is 0 Å². The maximum atomic E-state index is 13.0. The molecule has 2 aliphatic rings. The third-order valence-corrected chi connectivity index (χ3v) is 7.82. The molecule has 4 heteroatoms. The molecule has 0 saturated carbocycles. The number of nitrogens with zero attached hydrogens (tertiary/aromatic N) is 1. The molecule has 2 aliphatic carbocycles. The highest BCUT2D eigenvalue weighted by molar-refractivity contribution is 5.98. The second-order valence-corrected chi connectivity index (χ2v) is 9.90. The Bertz CT molecular complexity index is 1490. The minimum absolute atomic E-state index is 0.287. The minimum atomic E-state index is -0.431. The second-order valence-electron chi connectivity index (χ2n) is 9.90. The van der Waals surface area contributed by atoms with E-state index >= 15 is 0 Å². The lowest BCUT2D eigenvalue weighted by Crippen LogP contribution is -2.40. The van der Waals surface area contributed by atoms with Gasteiger partial charge in [-0.1, -0.05) is 53.6 Å². The number of rotatable bonds is 4. The van der Waals surface area contributed by atoms with Crippen LogP contribution in [0.1, 0.15) is 56.5 Å². The fraction of sp³-hybridized carbons (Fsp3) is 0.290. The number of ether oxygens (including phenoxy) is 2. The maximum absolute atomic E-state index is 13.0. The van der Waals surface area contributed by atoms with Gasteiger partial charge in [0.2, 0.25) is 0 Å². The molecule has 4 aromatic rings. The summed E-state index contributed by atoms with van der Waals surface area (Å²) in [5.41, 5.74) is 8.49. The quantitative estimate of drug-likeness (QED) is 0.343. The van der Waals surface area contributed by atoms with Crippen LogP contribution in [-0.4, -0.2) is 24.7 Å². The van der Waals surface area contributed by atoms with Gasteiger partial charge in [0.05, 0.1) is 24.8 Å². The normalized spacial score (nSPS) is 19.8. The van der Waals surface area contributed by atoms with Crippen molar-refractivity contribution < 1.29 is 14.3 Å². The molecule has 176 valence electrons. The van der Waals surface area contributed by atoms with Gasteiger partial charge < -0.3 is 9.47 Å². The van der Waals surface area contributed by atoms with Crippen LogP contribution in [0.5, 0.6) is 5.75 Å². The summed E-state index contributed by atoms with van der Waals surface area (Å²) in [6.07, 6.45) is 1.89. The summed E-state index contributed by atoms with van der Waals surface area (Å²) in [6.45, 7) is 6.40. The van der Waals surface area contributed by atoms with Gasteiger partial charge in [0.1, 0.15) is 11.4 Å². The molecule has 3 aromatic carbocycles. The zero-order chi connectivity index (χ0) is 24.3. The van der Waals surface area contributed by atoms with Crippen molar-refractivity contribution in [2.75, 3.05) is 13.7 Å². The molecule has 0 fully saturated rings. The van der Waals surface area contributed by atoms with Crippen molar-refractivity contribution in [3.8, 4) is 5.75 Å². The van der Waals surface area contributed by atoms with E-state index in [-0.39, 0.29) is 5.92 Å². The van der Waals surface area contributed by atoms with Gasteiger partial charge in [-0.3, -0.25) is 0 Å². The first-order valence-corrected chi connectivity index (χ1v) is 12.3. The first-order chi connectivity index (χ1) is 16.9. The first-order valence-electron chi connectivity index (χ1n) is 12.3. The van der Waals surface area contributed by atoms with Crippen LogP contribution < -0.4 is 4.74 Å². The number of aryl methyl sites for hydroxylation is 2. The Kier molecular flexibility index (Phi) is 4.96. The van der Waals surface area contributed by atoms with E-state index in [0.717, 1.165) is 35.1 Å². The number of carbonyl (C=O) groups is 1. The number of benzene rings is 3. The summed E-state index contributed by atoms with van der Waals surface area (Å²) in [5, 5.41) is 2.10. The third kappa shape index (κ3) is 3.12. The molecule has 1 aromatic heterocycles. The molecule has 0 amide bonds. The Morgan fingerprint density at radius 2 is 1.71 bits per heavy atom. The average Bonchev–Trinajstić information content (AvgIpc) is 3.18. The van der Waals surface area contributed by atoms with Crippen molar-refractivity contribution >= 4 is 16.7 Å². The van der Waals surface area contributed by atoms with Crippen LogP contribution in [-0.2, 0) is 23.0 Å². The summed E-state index contributed by atoms with van der Waals surface area (Å²) in [5.74, 6) is 0.696. The number of fused-ring (bicyclic) bond motifs is 4. The van der Waals surface area contributed by atoms with Crippen LogP contribution in [0, 0.1) is 19.8 Å². The molecule has 0 aliphatic heterocycles. The van der Waals surface area contributed by atoms with Gasteiger partial charge in [-0.05, 0) is 85.4 Å². The summed E-state index contributed by atoms with van der Waals surface area (Å²) in [6, 6.07) is 21.7. The van der Waals surface area contributed by atoms with Gasteiger partial charge in [0, 0.05) is 5.39 Å². The van der Waals surface area contributed by atoms with E-state index in [1.165, 1.54) is 33.4 Å². The summed E-state index contributed by atoms with van der Waals surface area (Å²) >= 11 is 0. The zero-order valence-corrected chi connectivity index (χ0v) is 20.6. The summed E-state index contributed by atoms with van der Waals surface area (Å²) in [7, 11) is 1.69. The zero-order valence-electron chi connectivity index (χ0n) is 20.6. The molecular weight excluding hydrogens is 434 g/mol. The average molecular weight is 464 g/mol. The Hall–Kier alpha value is -3.66. The first kappa shape index (κ1) is 21.8. The van der Waals surface area contributed by atoms with E-state index < -0.39 is 11.4 Å². The standard InChI is InChI=1S/C31H29NO3/c1-5-35-30(33)27-17-22-16-25(34-4)15-21-14-24-13-20-12-19(3)8-11-26(20)31(24,29(32-27)28(21)22)23-9-6-18(2)7-10-23/h6-12,15-17,24H,5,13-14H2,1-4H3/t24-,31+/m0/s1. The maximum Gasteiger partial charge on any atom is 0.356 e. The van der Waals surface area contributed by atoms with Gasteiger partial charge >= 0.3 is 5.97 Å². The number of aromatic nitrogens is 1. The predicted octanol–water partition coefficient (Wildman–Crippen LogP) is 6.10. The molecule has 2 atom stereocenters. The van der Waals surface area contributed by atoms with E-state index in [9.17, 15) is 4.79 Å². The lowest BCUT2D eigenvalue weighted by molar-refractivity contribution is 0.0519. The van der Waals surface area contributed by atoms with Crippen molar-refractivity contribution in [2.45, 2.75) is 39.0 Å². The highest BCUT2D eigenvalue weighted by atomic mass is 16.5. The minimum Gasteiger partial charge on any atom is -0.497 e. The Balaban J connectivity index is 1.75. The second kappa shape index (κ2) is 7.94. The van der Waals surface area contributed by atoms with Crippen LogP contribution in [0.2, 0.25) is 0 Å². The monoisotopic (exact) mass is 463 g/mol. The molecule has 35 heavy (non-hydrogen) atoms. The highest BCUT2D eigenvalue weighted by Crippen LogP contribution is 2.57. The van der Waals surface area contributed by atoms with Crippen LogP contribution >= 0.6 is 0 Å². The van der Waals surface area contributed by atoms with Crippen LogP contribution in [0.4, 0.5) is 0 Å². The van der Waals surface area contributed by atoms with Gasteiger partial charge in [-0.25, -0.2) is 9.78 Å². The van der Waals surface area contributed by atoms with Gasteiger partial charge in [0.15, 0.2) is 0 Å². The molecular formula is C31H29NO3. The van der Waals surface area contributed by atoms with E-state index in [1.807, 2.05) is 19.1 Å². The largest absolute Gasteiger partial charge is 0.497 e. The summed E-state index contributed by atoms with van der Waals surface area (Å²) in [4.78, 5) is 18.1. The SMILES string of the molecule is CCOC(=O)c1cc2cc(OC)cc3c2c(n1)[C@@]1(c2ccc(C)cc2)c2ccc(C)cc2C[C@H]1C3. The molecule has 0 radical (unpaired) electrons. The van der Waals surface area contributed by atoms with E-state index in [1.54, 1.807) is 7.11 Å². The van der Waals surface area contributed by atoms with Crippen molar-refractivity contribution in [1.29, 1.82) is 0 Å². The number of esters is 1. The van der Waals surface area contributed by atoms with Crippen molar-refractivity contribution in [3.05, 3.63) is 105 Å². The van der Waals surface area contributed by atoms with Crippen LogP contribution in [0.3, 0.4) is 0 Å². The van der Waals surface area contributed by atoms with Crippen molar-refractivity contribution in [2.24, 2.45) is 5.92 Å². The number of hydrogen-bond donors (Lipinski definition) is 0. The number of hydrogen-bond acceptors (Lipinski definition) is 4. The highest BCUT2D eigenvalue weighted by Gasteiger charge is 2.53. The molecule has 0 bridgehead atoms. The van der Waals surface area contributed by atoms with E-state index in [0.29, 0.717) is 12.3 Å². The van der Waals surface area contributed by atoms with Crippen molar-refractivity contribution in [1.82, 2.24) is 4.98 Å². The molecule has 6 rings (SSSR count). The Labute approximate surface area is 205 Å². The van der Waals surface area contributed by atoms with Crippen LogP contribution in [0.15, 0.2) is 60.7 Å². The molecule has 0 N–H and O–H groups in total.